The normalized spacial score (nSPS) is 13.5. The van der Waals surface area contributed by atoms with Crippen molar-refractivity contribution in [3.05, 3.63) is 53.5 Å². The summed E-state index contributed by atoms with van der Waals surface area (Å²) in [6.45, 7) is 0.431. The summed E-state index contributed by atoms with van der Waals surface area (Å²) in [5.41, 5.74) is 2.97. The van der Waals surface area contributed by atoms with Crippen LogP contribution in [0.3, 0.4) is 0 Å². The van der Waals surface area contributed by atoms with E-state index in [1.807, 2.05) is 18.2 Å². The third kappa shape index (κ3) is 2.56. The van der Waals surface area contributed by atoms with Crippen molar-refractivity contribution in [3.8, 4) is 0 Å². The molecular formula is C15H14N2O3. The van der Waals surface area contributed by atoms with Crippen molar-refractivity contribution in [1.29, 1.82) is 0 Å². The smallest absolute Gasteiger partial charge is 0.287 e. The molecule has 0 saturated heterocycles. The van der Waals surface area contributed by atoms with Gasteiger partial charge in [0.2, 0.25) is 5.91 Å². The highest BCUT2D eigenvalue weighted by molar-refractivity contribution is 5.94. The molecule has 2 amide bonds. The Morgan fingerprint density at radius 1 is 1.30 bits per heavy atom. The lowest BCUT2D eigenvalue weighted by Gasteiger charge is -2.17. The predicted octanol–water partition coefficient (Wildman–Crippen LogP) is 2.09. The molecule has 0 fully saturated rings. The molecule has 0 saturated carbocycles. The first-order valence-electron chi connectivity index (χ1n) is 6.46. The van der Waals surface area contributed by atoms with Crippen molar-refractivity contribution in [2.75, 3.05) is 5.32 Å². The Balaban J connectivity index is 1.67. The summed E-state index contributed by atoms with van der Waals surface area (Å²) in [5.74, 6) is 0.118. The zero-order valence-electron chi connectivity index (χ0n) is 10.8. The molecule has 0 atom stereocenters. The van der Waals surface area contributed by atoms with Gasteiger partial charge >= 0.3 is 0 Å². The van der Waals surface area contributed by atoms with Crippen molar-refractivity contribution in [3.63, 3.8) is 0 Å². The summed E-state index contributed by atoms with van der Waals surface area (Å²) in [7, 11) is 0. The van der Waals surface area contributed by atoms with E-state index in [4.69, 9.17) is 4.42 Å². The summed E-state index contributed by atoms with van der Waals surface area (Å²) in [4.78, 5) is 23.0. The summed E-state index contributed by atoms with van der Waals surface area (Å²) >= 11 is 0. The molecule has 0 bridgehead atoms. The molecule has 1 aliphatic heterocycles. The van der Waals surface area contributed by atoms with E-state index in [1.54, 1.807) is 12.1 Å². The van der Waals surface area contributed by atoms with Crippen LogP contribution in [0.2, 0.25) is 0 Å². The van der Waals surface area contributed by atoms with Gasteiger partial charge in [-0.3, -0.25) is 9.59 Å². The maximum atomic E-state index is 11.7. The SMILES string of the molecule is O=C1CCc2cc(CNC(=O)c3ccco3)ccc2N1. The molecular weight excluding hydrogens is 256 g/mol. The van der Waals surface area contributed by atoms with E-state index < -0.39 is 0 Å². The number of aryl methyl sites for hydroxylation is 1. The van der Waals surface area contributed by atoms with Gasteiger partial charge in [-0.1, -0.05) is 12.1 Å². The van der Waals surface area contributed by atoms with Gasteiger partial charge in [0.05, 0.1) is 6.26 Å². The molecule has 20 heavy (non-hydrogen) atoms. The number of anilines is 1. The number of benzene rings is 1. The van der Waals surface area contributed by atoms with E-state index in [1.165, 1.54) is 6.26 Å². The maximum absolute atomic E-state index is 11.7. The summed E-state index contributed by atoms with van der Waals surface area (Å²) < 4.78 is 5.03. The summed E-state index contributed by atoms with van der Waals surface area (Å²) in [6, 6.07) is 9.08. The Morgan fingerprint density at radius 3 is 3.00 bits per heavy atom. The molecule has 2 heterocycles. The highest BCUT2D eigenvalue weighted by Crippen LogP contribution is 2.23. The predicted molar refractivity (Wildman–Crippen MR) is 73.3 cm³/mol. The quantitative estimate of drug-likeness (QED) is 0.897. The second-order valence-electron chi connectivity index (χ2n) is 4.70. The van der Waals surface area contributed by atoms with Crippen molar-refractivity contribution < 1.29 is 14.0 Å². The van der Waals surface area contributed by atoms with Gasteiger partial charge in [0.25, 0.3) is 5.91 Å². The zero-order chi connectivity index (χ0) is 13.9. The molecule has 1 aromatic heterocycles. The van der Waals surface area contributed by atoms with Crippen molar-refractivity contribution in [2.45, 2.75) is 19.4 Å². The number of hydrogen-bond acceptors (Lipinski definition) is 3. The Bertz CT molecular complexity index is 647. The van der Waals surface area contributed by atoms with Crippen LogP contribution in [0, 0.1) is 0 Å². The highest BCUT2D eigenvalue weighted by Gasteiger charge is 2.15. The molecule has 5 heteroatoms. The molecule has 0 radical (unpaired) electrons. The fourth-order valence-corrected chi connectivity index (χ4v) is 2.22. The standard InChI is InChI=1S/C15H14N2O3/c18-14-6-4-11-8-10(3-5-12(11)17-14)9-16-15(19)13-2-1-7-20-13/h1-3,5,7-8H,4,6,9H2,(H,16,19)(H,17,18). The number of rotatable bonds is 3. The molecule has 3 rings (SSSR count). The second kappa shape index (κ2) is 5.21. The number of carbonyl (C=O) groups excluding carboxylic acids is 2. The van der Waals surface area contributed by atoms with E-state index >= 15 is 0 Å². The van der Waals surface area contributed by atoms with Crippen LogP contribution in [-0.4, -0.2) is 11.8 Å². The molecule has 2 N–H and O–H groups in total. The van der Waals surface area contributed by atoms with Crippen LogP contribution in [0.15, 0.2) is 41.0 Å². The monoisotopic (exact) mass is 270 g/mol. The van der Waals surface area contributed by atoms with Crippen molar-refractivity contribution >= 4 is 17.5 Å². The summed E-state index contributed by atoms with van der Waals surface area (Å²) in [6.07, 6.45) is 2.72. The average Bonchev–Trinajstić information content (AvgIpc) is 2.99. The number of fused-ring (bicyclic) bond motifs is 1. The number of hydrogen-bond donors (Lipinski definition) is 2. The van der Waals surface area contributed by atoms with Crippen LogP contribution in [0.1, 0.15) is 28.1 Å². The number of carbonyl (C=O) groups is 2. The molecule has 1 aromatic carbocycles. The first-order chi connectivity index (χ1) is 9.72. The molecule has 102 valence electrons. The zero-order valence-corrected chi connectivity index (χ0v) is 10.8. The molecule has 5 nitrogen and oxygen atoms in total. The lowest BCUT2D eigenvalue weighted by molar-refractivity contribution is -0.116. The van der Waals surface area contributed by atoms with Crippen molar-refractivity contribution in [2.24, 2.45) is 0 Å². The van der Waals surface area contributed by atoms with E-state index in [-0.39, 0.29) is 11.8 Å². The van der Waals surface area contributed by atoms with Crippen molar-refractivity contribution in [1.82, 2.24) is 5.32 Å². The minimum atomic E-state index is -0.235. The minimum absolute atomic E-state index is 0.0522. The number of furan rings is 1. The average molecular weight is 270 g/mol. The van der Waals surface area contributed by atoms with Gasteiger partial charge in [-0.2, -0.15) is 0 Å². The van der Waals surface area contributed by atoms with Gasteiger partial charge in [0.1, 0.15) is 0 Å². The Hall–Kier alpha value is -2.56. The maximum Gasteiger partial charge on any atom is 0.287 e. The van der Waals surface area contributed by atoms with Crippen LogP contribution in [0.5, 0.6) is 0 Å². The third-order valence-electron chi connectivity index (χ3n) is 3.26. The lowest BCUT2D eigenvalue weighted by atomic mass is 10.0. The van der Waals surface area contributed by atoms with Gasteiger partial charge in [0, 0.05) is 18.7 Å². The topological polar surface area (TPSA) is 71.3 Å². The first kappa shape index (κ1) is 12.5. The minimum Gasteiger partial charge on any atom is -0.459 e. The molecule has 0 unspecified atom stereocenters. The lowest BCUT2D eigenvalue weighted by Crippen LogP contribution is -2.23. The Labute approximate surface area is 116 Å². The van der Waals surface area contributed by atoms with Gasteiger partial charge in [-0.05, 0) is 35.7 Å². The molecule has 0 aliphatic carbocycles. The number of amides is 2. The second-order valence-corrected chi connectivity index (χ2v) is 4.70. The fraction of sp³-hybridized carbons (Fsp3) is 0.200. The van der Waals surface area contributed by atoms with E-state index in [9.17, 15) is 9.59 Å². The van der Waals surface area contributed by atoms with Gasteiger partial charge in [0.15, 0.2) is 5.76 Å². The first-order valence-corrected chi connectivity index (χ1v) is 6.46. The number of nitrogens with one attached hydrogen (secondary N) is 2. The van der Waals surface area contributed by atoms with Crippen LogP contribution < -0.4 is 10.6 Å². The molecule has 0 spiro atoms. The summed E-state index contributed by atoms with van der Waals surface area (Å²) in [5, 5.41) is 5.63. The van der Waals surface area contributed by atoms with Gasteiger partial charge in [-0.15, -0.1) is 0 Å². The van der Waals surface area contributed by atoms with Gasteiger partial charge in [-0.25, -0.2) is 0 Å². The molecule has 2 aromatic rings. The van der Waals surface area contributed by atoms with Crippen LogP contribution in [-0.2, 0) is 17.8 Å². The van der Waals surface area contributed by atoms with E-state index in [2.05, 4.69) is 10.6 Å². The van der Waals surface area contributed by atoms with E-state index in [0.717, 1.165) is 23.2 Å². The Kier molecular flexibility index (Phi) is 3.25. The van der Waals surface area contributed by atoms with E-state index in [0.29, 0.717) is 18.7 Å². The third-order valence-corrected chi connectivity index (χ3v) is 3.26. The van der Waals surface area contributed by atoms with Crippen LogP contribution in [0.25, 0.3) is 0 Å². The Morgan fingerprint density at radius 2 is 2.20 bits per heavy atom. The molecule has 1 aliphatic rings. The largest absolute Gasteiger partial charge is 0.459 e. The van der Waals surface area contributed by atoms with Crippen LogP contribution >= 0.6 is 0 Å². The highest BCUT2D eigenvalue weighted by atomic mass is 16.3. The van der Waals surface area contributed by atoms with Gasteiger partial charge < -0.3 is 15.1 Å². The van der Waals surface area contributed by atoms with Crippen LogP contribution in [0.4, 0.5) is 5.69 Å². The fourth-order valence-electron chi connectivity index (χ4n) is 2.22.